The van der Waals surface area contributed by atoms with Crippen molar-refractivity contribution in [1.82, 2.24) is 0 Å². The first-order valence-electron chi connectivity index (χ1n) is 10.0. The minimum atomic E-state index is -0.821. The normalized spacial score (nSPS) is 13.6. The van der Waals surface area contributed by atoms with Crippen molar-refractivity contribution in [2.24, 2.45) is 5.92 Å². The summed E-state index contributed by atoms with van der Waals surface area (Å²) >= 11 is 0. The summed E-state index contributed by atoms with van der Waals surface area (Å²) in [6, 6.07) is 11.9. The Bertz CT molecular complexity index is 756. The first kappa shape index (κ1) is 21.2. The Balaban J connectivity index is 2.30. The minimum Gasteiger partial charge on any atom is -0.493 e. The van der Waals surface area contributed by atoms with E-state index >= 15 is 0 Å². The van der Waals surface area contributed by atoms with Crippen molar-refractivity contribution in [2.45, 2.75) is 59.5 Å². The van der Waals surface area contributed by atoms with Crippen LogP contribution in [-0.2, 0) is 9.53 Å². The number of hydrogen-bond donors (Lipinski definition) is 1. The van der Waals surface area contributed by atoms with Gasteiger partial charge in [-0.1, -0.05) is 58.4 Å². The second kappa shape index (κ2) is 9.75. The number of carbonyl (C=O) groups excluding carboxylic acids is 1. The van der Waals surface area contributed by atoms with Gasteiger partial charge in [0.05, 0.1) is 6.61 Å². The molecule has 0 bridgehead atoms. The molecule has 0 aliphatic carbocycles. The predicted octanol–water partition coefficient (Wildman–Crippen LogP) is 5.80. The van der Waals surface area contributed by atoms with Gasteiger partial charge < -0.3 is 14.8 Å². The maximum atomic E-state index is 13.0. The van der Waals surface area contributed by atoms with Crippen LogP contribution in [0.2, 0.25) is 0 Å². The molecular formula is C23H33NO3. The van der Waals surface area contributed by atoms with Crippen molar-refractivity contribution in [3.8, 4) is 5.75 Å². The van der Waals surface area contributed by atoms with Gasteiger partial charge in [-0.05, 0) is 37.8 Å². The number of nitrogens with one attached hydrogen (secondary N) is 1. The van der Waals surface area contributed by atoms with Gasteiger partial charge >= 0.3 is 0 Å². The number of amides is 1. The molecule has 0 radical (unpaired) electrons. The predicted molar refractivity (Wildman–Crippen MR) is 112 cm³/mol. The number of anilines is 1. The van der Waals surface area contributed by atoms with E-state index in [1.165, 1.54) is 0 Å². The van der Waals surface area contributed by atoms with Gasteiger partial charge in [-0.2, -0.15) is 0 Å². The van der Waals surface area contributed by atoms with E-state index < -0.39 is 5.60 Å². The maximum Gasteiger partial charge on any atom is 0.256 e. The summed E-state index contributed by atoms with van der Waals surface area (Å²) < 4.78 is 11.9. The summed E-state index contributed by atoms with van der Waals surface area (Å²) in [6.07, 6.45) is 2.46. The average molecular weight is 372 g/mol. The largest absolute Gasteiger partial charge is 0.493 e. The van der Waals surface area contributed by atoms with Crippen molar-refractivity contribution >= 4 is 22.4 Å². The lowest BCUT2D eigenvalue weighted by atomic mass is 9.98. The topological polar surface area (TPSA) is 47.6 Å². The van der Waals surface area contributed by atoms with Gasteiger partial charge in [0, 0.05) is 23.1 Å². The minimum absolute atomic E-state index is 0.0983. The zero-order valence-electron chi connectivity index (χ0n) is 17.3. The third-order valence-corrected chi connectivity index (χ3v) is 4.54. The summed E-state index contributed by atoms with van der Waals surface area (Å²) in [5, 5.41) is 5.07. The fraction of sp³-hybridized carbons (Fsp3) is 0.522. The number of fused-ring (bicyclic) bond motifs is 1. The number of benzene rings is 2. The highest BCUT2D eigenvalue weighted by Gasteiger charge is 2.33. The van der Waals surface area contributed by atoms with Crippen LogP contribution >= 0.6 is 0 Å². The van der Waals surface area contributed by atoms with Crippen LogP contribution in [0.1, 0.15) is 53.9 Å². The molecule has 0 aliphatic heterocycles. The molecule has 4 heteroatoms. The van der Waals surface area contributed by atoms with Crippen molar-refractivity contribution in [1.29, 1.82) is 0 Å². The van der Waals surface area contributed by atoms with Gasteiger partial charge in [-0.25, -0.2) is 0 Å². The number of rotatable bonds is 10. The van der Waals surface area contributed by atoms with E-state index in [1.54, 1.807) is 0 Å². The molecule has 0 spiro atoms. The van der Waals surface area contributed by atoms with Crippen LogP contribution in [0.4, 0.5) is 5.69 Å². The second-order valence-electron chi connectivity index (χ2n) is 7.65. The fourth-order valence-corrected chi connectivity index (χ4v) is 3.07. The molecule has 1 atom stereocenters. The quantitative estimate of drug-likeness (QED) is 0.574. The maximum absolute atomic E-state index is 13.0. The Morgan fingerprint density at radius 1 is 1.07 bits per heavy atom. The Morgan fingerprint density at radius 2 is 1.78 bits per heavy atom. The molecule has 2 aromatic carbocycles. The zero-order chi connectivity index (χ0) is 19.9. The molecule has 0 heterocycles. The number of carbonyl (C=O) groups is 1. The van der Waals surface area contributed by atoms with Gasteiger partial charge in [0.25, 0.3) is 5.91 Å². The van der Waals surface area contributed by atoms with Gasteiger partial charge in [0.15, 0.2) is 0 Å². The first-order chi connectivity index (χ1) is 12.9. The zero-order valence-corrected chi connectivity index (χ0v) is 17.3. The van der Waals surface area contributed by atoms with Crippen LogP contribution in [0, 0.1) is 5.92 Å². The number of hydrogen-bond acceptors (Lipinski definition) is 3. The fourth-order valence-electron chi connectivity index (χ4n) is 3.07. The van der Waals surface area contributed by atoms with Gasteiger partial charge in [0.2, 0.25) is 0 Å². The van der Waals surface area contributed by atoms with Crippen LogP contribution in [0.15, 0.2) is 36.4 Å². The molecule has 1 N–H and O–H groups in total. The summed E-state index contributed by atoms with van der Waals surface area (Å²) in [5.74, 6) is 1.20. The third kappa shape index (κ3) is 5.46. The lowest BCUT2D eigenvalue weighted by molar-refractivity contribution is -0.140. The van der Waals surface area contributed by atoms with Gasteiger partial charge in [-0.15, -0.1) is 0 Å². The van der Waals surface area contributed by atoms with Crippen molar-refractivity contribution in [3.05, 3.63) is 36.4 Å². The Hall–Kier alpha value is -2.07. The molecule has 0 saturated heterocycles. The van der Waals surface area contributed by atoms with Crippen LogP contribution in [0.5, 0.6) is 5.75 Å². The molecule has 2 aromatic rings. The lowest BCUT2D eigenvalue weighted by Gasteiger charge is -2.28. The molecule has 4 nitrogen and oxygen atoms in total. The highest BCUT2D eigenvalue weighted by molar-refractivity contribution is 6.06. The standard InChI is InChI=1S/C23H33NO3/c1-6-14-23(5,27-15-7-2)22(25)24-20-12-13-21(26-16-17(3)4)19-11-9-8-10-18(19)20/h8-13,17H,6-7,14-16H2,1-5H3,(H,24,25)/t23-/m0/s1. The van der Waals surface area contributed by atoms with Crippen LogP contribution in [0.25, 0.3) is 10.8 Å². The van der Waals surface area contributed by atoms with Gasteiger partial charge in [0.1, 0.15) is 11.4 Å². The van der Waals surface area contributed by atoms with E-state index in [2.05, 4.69) is 26.1 Å². The molecule has 2 rings (SSSR count). The summed E-state index contributed by atoms with van der Waals surface area (Å²) in [5.41, 5.74) is -0.0338. The lowest BCUT2D eigenvalue weighted by Crippen LogP contribution is -2.43. The Labute approximate surface area is 163 Å². The van der Waals surface area contributed by atoms with Crippen LogP contribution in [-0.4, -0.2) is 24.7 Å². The SMILES string of the molecule is CCCO[C@@](C)(CCC)C(=O)Nc1ccc(OCC(C)C)c2ccccc12. The van der Waals surface area contributed by atoms with E-state index in [1.807, 2.05) is 50.2 Å². The molecule has 1 amide bonds. The molecule has 0 saturated carbocycles. The molecule has 0 aliphatic rings. The third-order valence-electron chi connectivity index (χ3n) is 4.54. The highest BCUT2D eigenvalue weighted by Crippen LogP contribution is 2.33. The molecule has 27 heavy (non-hydrogen) atoms. The van der Waals surface area contributed by atoms with Crippen molar-refractivity contribution in [2.75, 3.05) is 18.5 Å². The van der Waals surface area contributed by atoms with E-state index in [0.717, 1.165) is 35.1 Å². The molecular weight excluding hydrogens is 338 g/mol. The highest BCUT2D eigenvalue weighted by atomic mass is 16.5. The monoisotopic (exact) mass is 371 g/mol. The van der Waals surface area contributed by atoms with E-state index in [-0.39, 0.29) is 5.91 Å². The summed E-state index contributed by atoms with van der Waals surface area (Å²) in [7, 11) is 0. The smallest absolute Gasteiger partial charge is 0.256 e. The second-order valence-corrected chi connectivity index (χ2v) is 7.65. The van der Waals surface area contributed by atoms with Crippen molar-refractivity contribution in [3.63, 3.8) is 0 Å². The van der Waals surface area contributed by atoms with Crippen LogP contribution < -0.4 is 10.1 Å². The molecule has 0 fully saturated rings. The van der Waals surface area contributed by atoms with E-state index in [0.29, 0.717) is 25.6 Å². The molecule has 0 unspecified atom stereocenters. The first-order valence-corrected chi connectivity index (χ1v) is 10.0. The Kier molecular flexibility index (Phi) is 7.66. The van der Waals surface area contributed by atoms with E-state index in [9.17, 15) is 4.79 Å². The Morgan fingerprint density at radius 3 is 2.41 bits per heavy atom. The van der Waals surface area contributed by atoms with Crippen molar-refractivity contribution < 1.29 is 14.3 Å². The summed E-state index contributed by atoms with van der Waals surface area (Å²) in [4.78, 5) is 13.0. The van der Waals surface area contributed by atoms with E-state index in [4.69, 9.17) is 9.47 Å². The van der Waals surface area contributed by atoms with Gasteiger partial charge in [-0.3, -0.25) is 4.79 Å². The average Bonchev–Trinajstić information content (AvgIpc) is 2.65. The summed E-state index contributed by atoms with van der Waals surface area (Å²) in [6.45, 7) is 11.5. The number of ether oxygens (including phenoxy) is 2. The molecule has 0 aromatic heterocycles. The van der Waals surface area contributed by atoms with Crippen LogP contribution in [0.3, 0.4) is 0 Å². The molecule has 148 valence electrons.